The number of nitrogens with zero attached hydrogens (tertiary/aromatic N) is 1. The number of hydrogen-bond donors (Lipinski definition) is 0. The van der Waals surface area contributed by atoms with E-state index >= 15 is 0 Å². The van der Waals surface area contributed by atoms with Crippen molar-refractivity contribution >= 4 is 33.2 Å². The SMILES string of the molecule is CC.CCC(Cc1cc2ccc(Cl)nc2s1)OC. The van der Waals surface area contributed by atoms with E-state index in [0.717, 1.165) is 23.1 Å². The van der Waals surface area contributed by atoms with Crippen molar-refractivity contribution in [3.8, 4) is 0 Å². The molecule has 0 aliphatic heterocycles. The average molecular weight is 286 g/mol. The van der Waals surface area contributed by atoms with Crippen molar-refractivity contribution in [1.29, 1.82) is 0 Å². The van der Waals surface area contributed by atoms with Gasteiger partial charge in [0, 0.05) is 23.8 Å². The molecular formula is C14H20ClNOS. The molecule has 2 rings (SSSR count). The van der Waals surface area contributed by atoms with Gasteiger partial charge in [0.2, 0.25) is 0 Å². The van der Waals surface area contributed by atoms with Crippen LogP contribution in [0, 0.1) is 0 Å². The van der Waals surface area contributed by atoms with Crippen LogP contribution in [0.1, 0.15) is 32.1 Å². The summed E-state index contributed by atoms with van der Waals surface area (Å²) in [7, 11) is 1.76. The highest BCUT2D eigenvalue weighted by Gasteiger charge is 2.09. The zero-order chi connectivity index (χ0) is 13.5. The maximum atomic E-state index is 5.86. The Hall–Kier alpha value is -0.640. The van der Waals surface area contributed by atoms with Gasteiger partial charge in [-0.05, 0) is 24.6 Å². The quantitative estimate of drug-likeness (QED) is 0.742. The van der Waals surface area contributed by atoms with Crippen LogP contribution < -0.4 is 0 Å². The van der Waals surface area contributed by atoms with Crippen LogP contribution in [0.3, 0.4) is 0 Å². The van der Waals surface area contributed by atoms with Crippen LogP contribution >= 0.6 is 22.9 Å². The molecule has 2 aromatic rings. The minimum Gasteiger partial charge on any atom is -0.381 e. The summed E-state index contributed by atoms with van der Waals surface area (Å²) in [5, 5.41) is 1.72. The van der Waals surface area contributed by atoms with Crippen molar-refractivity contribution in [2.24, 2.45) is 0 Å². The van der Waals surface area contributed by atoms with Crippen LogP contribution in [0.4, 0.5) is 0 Å². The fourth-order valence-electron chi connectivity index (χ4n) is 1.67. The molecule has 0 aliphatic rings. The van der Waals surface area contributed by atoms with E-state index < -0.39 is 0 Å². The van der Waals surface area contributed by atoms with Gasteiger partial charge in [-0.3, -0.25) is 0 Å². The summed E-state index contributed by atoms with van der Waals surface area (Å²) < 4.78 is 5.38. The molecule has 100 valence electrons. The van der Waals surface area contributed by atoms with Gasteiger partial charge in [-0.15, -0.1) is 11.3 Å². The van der Waals surface area contributed by atoms with Crippen molar-refractivity contribution in [2.75, 3.05) is 7.11 Å². The Morgan fingerprint density at radius 2 is 2.11 bits per heavy atom. The highest BCUT2D eigenvalue weighted by Crippen LogP contribution is 2.26. The Balaban J connectivity index is 0.000000771. The molecule has 0 fully saturated rings. The maximum absolute atomic E-state index is 5.86. The first-order chi connectivity index (χ1) is 8.72. The molecule has 0 N–H and O–H groups in total. The molecule has 0 amide bonds. The highest BCUT2D eigenvalue weighted by molar-refractivity contribution is 7.18. The van der Waals surface area contributed by atoms with Gasteiger partial charge in [0.05, 0.1) is 6.10 Å². The van der Waals surface area contributed by atoms with Crippen LogP contribution in [0.25, 0.3) is 10.2 Å². The predicted molar refractivity (Wildman–Crippen MR) is 80.8 cm³/mol. The Morgan fingerprint density at radius 3 is 2.72 bits per heavy atom. The van der Waals surface area contributed by atoms with Crippen molar-refractivity contribution in [3.63, 3.8) is 0 Å². The summed E-state index contributed by atoms with van der Waals surface area (Å²) in [6.07, 6.45) is 2.27. The van der Waals surface area contributed by atoms with Crippen LogP contribution in [0.5, 0.6) is 0 Å². The van der Waals surface area contributed by atoms with Gasteiger partial charge in [-0.1, -0.05) is 32.4 Å². The predicted octanol–water partition coefficient (Wildman–Crippen LogP) is 4.94. The highest BCUT2D eigenvalue weighted by atomic mass is 35.5. The van der Waals surface area contributed by atoms with E-state index in [1.165, 1.54) is 4.88 Å². The van der Waals surface area contributed by atoms with Gasteiger partial charge in [0.15, 0.2) is 0 Å². The topological polar surface area (TPSA) is 22.1 Å². The minimum atomic E-state index is 0.295. The molecular weight excluding hydrogens is 266 g/mol. The van der Waals surface area contributed by atoms with E-state index in [0.29, 0.717) is 11.3 Å². The number of aromatic nitrogens is 1. The molecule has 2 nitrogen and oxygen atoms in total. The second-order valence-corrected chi connectivity index (χ2v) is 5.21. The molecule has 0 saturated heterocycles. The van der Waals surface area contributed by atoms with Crippen molar-refractivity contribution in [2.45, 2.75) is 39.7 Å². The molecule has 0 radical (unpaired) electrons. The van der Waals surface area contributed by atoms with Gasteiger partial charge < -0.3 is 4.74 Å². The first-order valence-electron chi connectivity index (χ1n) is 6.30. The largest absolute Gasteiger partial charge is 0.381 e. The first kappa shape index (κ1) is 15.4. The number of methoxy groups -OCH3 is 1. The standard InChI is InChI=1S/C12H14ClNOS.C2H6/c1-3-9(15-2)7-10-6-8-4-5-11(13)14-12(8)16-10;1-2/h4-6,9H,3,7H2,1-2H3;1-2H3. The molecule has 0 aliphatic carbocycles. The molecule has 1 atom stereocenters. The molecule has 0 spiro atoms. The van der Waals surface area contributed by atoms with Gasteiger partial charge in [0.1, 0.15) is 9.98 Å². The zero-order valence-electron chi connectivity index (χ0n) is 11.4. The number of rotatable bonds is 4. The smallest absolute Gasteiger partial charge is 0.130 e. The fourth-order valence-corrected chi connectivity index (χ4v) is 2.96. The maximum Gasteiger partial charge on any atom is 0.130 e. The van der Waals surface area contributed by atoms with Gasteiger partial charge in [0.25, 0.3) is 0 Å². The van der Waals surface area contributed by atoms with Crippen LogP contribution in [0.2, 0.25) is 5.15 Å². The summed E-state index contributed by atoms with van der Waals surface area (Å²) in [6.45, 7) is 6.14. The Kier molecular flexibility index (Phi) is 6.61. The van der Waals surface area contributed by atoms with Crippen molar-refractivity contribution in [3.05, 3.63) is 28.2 Å². The number of fused-ring (bicyclic) bond motifs is 1. The van der Waals surface area contributed by atoms with Gasteiger partial charge >= 0.3 is 0 Å². The van der Waals surface area contributed by atoms with Gasteiger partial charge in [-0.25, -0.2) is 4.98 Å². The monoisotopic (exact) mass is 285 g/mol. The molecule has 1 unspecified atom stereocenters. The number of ether oxygens (including phenoxy) is 1. The van der Waals surface area contributed by atoms with E-state index in [1.54, 1.807) is 18.4 Å². The van der Waals surface area contributed by atoms with E-state index in [2.05, 4.69) is 18.0 Å². The third-order valence-corrected chi connectivity index (χ3v) is 3.90. The summed E-state index contributed by atoms with van der Waals surface area (Å²) in [4.78, 5) is 6.61. The number of thiophene rings is 1. The van der Waals surface area contributed by atoms with Crippen molar-refractivity contribution in [1.82, 2.24) is 4.98 Å². The summed E-state index contributed by atoms with van der Waals surface area (Å²) >= 11 is 7.55. The van der Waals surface area contributed by atoms with E-state index in [4.69, 9.17) is 16.3 Å². The number of halogens is 1. The number of pyridine rings is 1. The lowest BCUT2D eigenvalue weighted by Gasteiger charge is -2.10. The summed E-state index contributed by atoms with van der Waals surface area (Å²) in [5.41, 5.74) is 0. The molecule has 0 bridgehead atoms. The Labute approximate surface area is 118 Å². The molecule has 4 heteroatoms. The fraction of sp³-hybridized carbons (Fsp3) is 0.500. The lowest BCUT2D eigenvalue weighted by Crippen LogP contribution is -2.11. The Morgan fingerprint density at radius 1 is 1.39 bits per heavy atom. The minimum absolute atomic E-state index is 0.295. The second kappa shape index (κ2) is 7.72. The lowest BCUT2D eigenvalue weighted by molar-refractivity contribution is 0.100. The van der Waals surface area contributed by atoms with Crippen LogP contribution in [-0.2, 0) is 11.2 Å². The molecule has 2 heterocycles. The molecule has 0 saturated carbocycles. The van der Waals surface area contributed by atoms with Crippen molar-refractivity contribution < 1.29 is 4.74 Å². The normalized spacial score (nSPS) is 12.1. The van der Waals surface area contributed by atoms with E-state index in [1.807, 2.05) is 26.0 Å². The third-order valence-electron chi connectivity index (χ3n) is 2.62. The number of hydrogen-bond acceptors (Lipinski definition) is 3. The first-order valence-corrected chi connectivity index (χ1v) is 7.50. The molecule has 0 aromatic carbocycles. The van der Waals surface area contributed by atoms with E-state index in [-0.39, 0.29) is 0 Å². The second-order valence-electron chi connectivity index (χ2n) is 3.71. The molecule has 18 heavy (non-hydrogen) atoms. The van der Waals surface area contributed by atoms with Gasteiger partial charge in [-0.2, -0.15) is 0 Å². The average Bonchev–Trinajstić information content (AvgIpc) is 2.79. The summed E-state index contributed by atoms with van der Waals surface area (Å²) in [5.74, 6) is 0. The van der Waals surface area contributed by atoms with Crippen LogP contribution in [0.15, 0.2) is 18.2 Å². The third kappa shape index (κ3) is 3.94. The molecule has 2 aromatic heterocycles. The lowest BCUT2D eigenvalue weighted by atomic mass is 10.1. The summed E-state index contributed by atoms with van der Waals surface area (Å²) in [6, 6.07) is 6.01. The zero-order valence-corrected chi connectivity index (χ0v) is 12.9. The Bertz CT molecular complexity index is 480. The van der Waals surface area contributed by atoms with E-state index in [9.17, 15) is 0 Å². The van der Waals surface area contributed by atoms with Crippen LogP contribution in [-0.4, -0.2) is 18.2 Å².